The second-order valence-corrected chi connectivity index (χ2v) is 15.3. The van der Waals surface area contributed by atoms with Crippen LogP contribution >= 0.6 is 11.6 Å². The molecule has 1 aromatic carbocycles. The third-order valence-corrected chi connectivity index (χ3v) is 7.22. The maximum Gasteiger partial charge on any atom is 0.290 e. The first-order valence-electron chi connectivity index (χ1n) is 11.7. The van der Waals surface area contributed by atoms with E-state index in [0.29, 0.717) is 36.9 Å². The van der Waals surface area contributed by atoms with E-state index >= 15 is 0 Å². The summed E-state index contributed by atoms with van der Waals surface area (Å²) in [4.78, 5) is 12.9. The van der Waals surface area contributed by atoms with Gasteiger partial charge in [0.05, 0.1) is 19.8 Å². The SMILES string of the molecule is CCOc1cc(CNc2c(OC(C)CC)nn(COCC[Si](C)(C)C)c(=O)c2Cl)ccc1OC. The normalized spacial score (nSPS) is 12.4. The molecule has 1 aromatic heterocycles. The van der Waals surface area contributed by atoms with Crippen LogP contribution in [-0.4, -0.2) is 44.3 Å². The minimum Gasteiger partial charge on any atom is -0.493 e. The molecule has 2 aromatic rings. The molecule has 0 radical (unpaired) electrons. The smallest absolute Gasteiger partial charge is 0.290 e. The van der Waals surface area contributed by atoms with Gasteiger partial charge >= 0.3 is 0 Å². The second-order valence-electron chi connectivity index (χ2n) is 9.26. The molecule has 1 unspecified atom stereocenters. The van der Waals surface area contributed by atoms with Gasteiger partial charge in [-0.05, 0) is 44.0 Å². The molecule has 34 heavy (non-hydrogen) atoms. The van der Waals surface area contributed by atoms with E-state index < -0.39 is 13.6 Å². The Kier molecular flexibility index (Phi) is 10.7. The summed E-state index contributed by atoms with van der Waals surface area (Å²) in [6.45, 7) is 14.2. The molecule has 0 fully saturated rings. The highest BCUT2D eigenvalue weighted by Gasteiger charge is 2.20. The maximum absolute atomic E-state index is 12.9. The zero-order chi connectivity index (χ0) is 25.3. The highest BCUT2D eigenvalue weighted by Crippen LogP contribution is 2.31. The van der Waals surface area contributed by atoms with E-state index in [0.717, 1.165) is 18.0 Å². The molecule has 1 atom stereocenters. The monoisotopic (exact) mass is 511 g/mol. The first-order chi connectivity index (χ1) is 16.1. The molecule has 0 bridgehead atoms. The van der Waals surface area contributed by atoms with Crippen molar-refractivity contribution in [1.29, 1.82) is 0 Å². The molecule has 1 N–H and O–H groups in total. The van der Waals surface area contributed by atoms with Crippen molar-refractivity contribution < 1.29 is 18.9 Å². The van der Waals surface area contributed by atoms with Gasteiger partial charge in [-0.25, -0.2) is 0 Å². The lowest BCUT2D eigenvalue weighted by Crippen LogP contribution is -2.29. The number of ether oxygens (including phenoxy) is 4. The maximum atomic E-state index is 12.9. The van der Waals surface area contributed by atoms with E-state index in [-0.39, 0.29) is 23.7 Å². The van der Waals surface area contributed by atoms with E-state index in [2.05, 4.69) is 30.1 Å². The van der Waals surface area contributed by atoms with Crippen LogP contribution in [0.1, 0.15) is 32.8 Å². The molecule has 10 heteroatoms. The van der Waals surface area contributed by atoms with Crippen LogP contribution in [0.2, 0.25) is 30.7 Å². The Balaban J connectivity index is 2.27. The lowest BCUT2D eigenvalue weighted by Gasteiger charge is -2.19. The number of methoxy groups -OCH3 is 1. The van der Waals surface area contributed by atoms with E-state index in [1.807, 2.05) is 39.0 Å². The molecular weight excluding hydrogens is 474 g/mol. The highest BCUT2D eigenvalue weighted by atomic mass is 35.5. The number of halogens is 1. The molecule has 1 heterocycles. The van der Waals surface area contributed by atoms with E-state index in [4.69, 9.17) is 30.5 Å². The number of nitrogens with zero attached hydrogens (tertiary/aromatic N) is 2. The van der Waals surface area contributed by atoms with Gasteiger partial charge in [-0.3, -0.25) is 4.79 Å². The fraction of sp³-hybridized carbons (Fsp3) is 0.583. The van der Waals surface area contributed by atoms with Crippen LogP contribution in [0.3, 0.4) is 0 Å². The van der Waals surface area contributed by atoms with E-state index in [9.17, 15) is 4.79 Å². The minimum absolute atomic E-state index is 0.0145. The molecular formula is C24H38ClN3O5Si. The zero-order valence-corrected chi connectivity index (χ0v) is 23.1. The summed E-state index contributed by atoms with van der Waals surface area (Å²) in [6, 6.07) is 6.64. The summed E-state index contributed by atoms with van der Waals surface area (Å²) in [6.07, 6.45) is 0.675. The predicted molar refractivity (Wildman–Crippen MR) is 139 cm³/mol. The van der Waals surface area contributed by atoms with Crippen LogP contribution in [0.5, 0.6) is 17.4 Å². The Bertz CT molecular complexity index is 994. The molecule has 0 spiro atoms. The third kappa shape index (κ3) is 8.21. The molecule has 0 amide bonds. The van der Waals surface area contributed by atoms with E-state index in [1.54, 1.807) is 7.11 Å². The van der Waals surface area contributed by atoms with Gasteiger partial charge in [0.25, 0.3) is 11.4 Å². The van der Waals surface area contributed by atoms with Gasteiger partial charge in [-0.1, -0.05) is 44.2 Å². The quantitative estimate of drug-likeness (QED) is 0.268. The van der Waals surface area contributed by atoms with Crippen molar-refractivity contribution >= 4 is 25.4 Å². The summed E-state index contributed by atoms with van der Waals surface area (Å²) >= 11 is 6.50. The van der Waals surface area contributed by atoms with Gasteiger partial charge in [0.1, 0.15) is 17.4 Å². The largest absolute Gasteiger partial charge is 0.493 e. The number of anilines is 1. The standard InChI is InChI=1S/C24H38ClN3O5Si/c1-8-17(3)33-23-22(26-15-18-10-11-19(30-4)20(14-18)32-9-2)21(25)24(29)28(27-23)16-31-12-13-34(5,6)7/h10-11,14,17,26H,8-9,12-13,15-16H2,1-7H3. The molecule has 0 aliphatic carbocycles. The van der Waals surface area contributed by atoms with Gasteiger partial charge in [0, 0.05) is 21.2 Å². The molecule has 190 valence electrons. The Hall–Kier alpha value is -2.23. The Morgan fingerprint density at radius 1 is 1.21 bits per heavy atom. The van der Waals surface area contributed by atoms with Crippen LogP contribution in [0.4, 0.5) is 5.69 Å². The molecule has 8 nitrogen and oxygen atoms in total. The first kappa shape index (κ1) is 28.0. The number of aromatic nitrogens is 2. The third-order valence-electron chi connectivity index (χ3n) is 5.16. The van der Waals surface area contributed by atoms with Gasteiger partial charge < -0.3 is 24.3 Å². The van der Waals surface area contributed by atoms with Gasteiger partial charge in [0.15, 0.2) is 11.5 Å². The van der Waals surface area contributed by atoms with Crippen molar-refractivity contribution in [3.63, 3.8) is 0 Å². The number of rotatable bonds is 14. The number of nitrogens with one attached hydrogen (secondary N) is 1. The minimum atomic E-state index is -1.24. The van der Waals surface area contributed by atoms with Crippen molar-refractivity contribution in [2.24, 2.45) is 0 Å². The van der Waals surface area contributed by atoms with Gasteiger partial charge in [-0.15, -0.1) is 5.10 Å². The summed E-state index contributed by atoms with van der Waals surface area (Å²) in [5.74, 6) is 1.57. The predicted octanol–water partition coefficient (Wildman–Crippen LogP) is 5.41. The molecule has 0 aliphatic rings. The number of benzene rings is 1. The van der Waals surface area contributed by atoms with E-state index in [1.165, 1.54) is 4.68 Å². The summed E-state index contributed by atoms with van der Waals surface area (Å²) < 4.78 is 24.0. The molecule has 0 saturated heterocycles. The Morgan fingerprint density at radius 3 is 2.56 bits per heavy atom. The van der Waals surface area contributed by atoms with Gasteiger partial charge in [0.2, 0.25) is 0 Å². The molecule has 0 saturated carbocycles. The van der Waals surface area contributed by atoms with Crippen LogP contribution < -0.4 is 25.1 Å². The van der Waals surface area contributed by atoms with Crippen molar-refractivity contribution in [2.75, 3.05) is 25.6 Å². The lowest BCUT2D eigenvalue weighted by molar-refractivity contribution is 0.0720. The van der Waals surface area contributed by atoms with Crippen LogP contribution in [-0.2, 0) is 18.0 Å². The molecule has 0 aliphatic heterocycles. The average Bonchev–Trinajstić information content (AvgIpc) is 2.79. The number of hydrogen-bond acceptors (Lipinski definition) is 7. The second kappa shape index (κ2) is 13.0. The summed E-state index contributed by atoms with van der Waals surface area (Å²) in [7, 11) is 0.365. The Labute approximate surface area is 208 Å². The van der Waals surface area contributed by atoms with Gasteiger partial charge in [-0.2, -0.15) is 4.68 Å². The van der Waals surface area contributed by atoms with Crippen LogP contribution in [0.25, 0.3) is 0 Å². The zero-order valence-electron chi connectivity index (χ0n) is 21.4. The fourth-order valence-corrected chi connectivity index (χ4v) is 3.94. The first-order valence-corrected chi connectivity index (χ1v) is 15.8. The fourth-order valence-electron chi connectivity index (χ4n) is 2.94. The topological polar surface area (TPSA) is 83.8 Å². The number of hydrogen-bond donors (Lipinski definition) is 1. The van der Waals surface area contributed by atoms with Crippen LogP contribution in [0.15, 0.2) is 23.0 Å². The van der Waals surface area contributed by atoms with Crippen molar-refractivity contribution in [1.82, 2.24) is 9.78 Å². The average molecular weight is 512 g/mol. The van der Waals surface area contributed by atoms with Crippen molar-refractivity contribution in [3.8, 4) is 17.4 Å². The van der Waals surface area contributed by atoms with Crippen LogP contribution in [0, 0.1) is 0 Å². The Morgan fingerprint density at radius 2 is 1.94 bits per heavy atom. The summed E-state index contributed by atoms with van der Waals surface area (Å²) in [5.41, 5.74) is 0.853. The lowest BCUT2D eigenvalue weighted by atomic mass is 10.2. The molecule has 2 rings (SSSR count). The highest BCUT2D eigenvalue weighted by molar-refractivity contribution is 6.76. The van der Waals surface area contributed by atoms with Crippen molar-refractivity contribution in [3.05, 3.63) is 39.1 Å². The van der Waals surface area contributed by atoms with Crippen molar-refractivity contribution in [2.45, 2.75) is 72.3 Å². The summed E-state index contributed by atoms with van der Waals surface area (Å²) in [5, 5.41) is 7.66.